The number of halogens is 1. The molecule has 2 aromatic heterocycles. The number of thiophene rings is 1. The Hall–Kier alpha value is -0.650. The van der Waals surface area contributed by atoms with Gasteiger partial charge in [0.05, 0.1) is 9.98 Å². The topological polar surface area (TPSA) is 29.9 Å². The first-order valence-electron chi connectivity index (χ1n) is 6.21. The number of aromatic nitrogens is 2. The Kier molecular flexibility index (Phi) is 3.54. The van der Waals surface area contributed by atoms with E-state index in [1.807, 2.05) is 17.9 Å². The van der Waals surface area contributed by atoms with Crippen molar-refractivity contribution in [2.24, 2.45) is 7.05 Å². The fraction of sp³-hybridized carbons (Fsp3) is 0.462. The zero-order valence-electron chi connectivity index (χ0n) is 10.3. The smallest absolute Gasteiger partial charge is 0.0701 e. The lowest BCUT2D eigenvalue weighted by Crippen LogP contribution is -2.24. The number of fused-ring (bicyclic) bond motifs is 1. The minimum Gasteiger partial charge on any atom is -0.306 e. The number of hydrogen-bond donors (Lipinski definition) is 1. The molecule has 5 heteroatoms. The van der Waals surface area contributed by atoms with Crippen LogP contribution in [-0.2, 0) is 20.0 Å². The Morgan fingerprint density at radius 3 is 3.28 bits per heavy atom. The molecule has 0 amide bonds. The first-order valence-corrected chi connectivity index (χ1v) is 7.88. The predicted octanol–water partition coefficient (Wildman–Crippen LogP) is 3.41. The second kappa shape index (κ2) is 5.15. The van der Waals surface area contributed by atoms with Crippen molar-refractivity contribution in [3.63, 3.8) is 0 Å². The maximum Gasteiger partial charge on any atom is 0.0701 e. The van der Waals surface area contributed by atoms with Gasteiger partial charge in [-0.25, -0.2) is 0 Å². The fourth-order valence-electron chi connectivity index (χ4n) is 2.60. The first-order chi connectivity index (χ1) is 8.74. The molecule has 3 nitrogen and oxygen atoms in total. The third-order valence-electron chi connectivity index (χ3n) is 3.55. The molecule has 0 aromatic carbocycles. The van der Waals surface area contributed by atoms with Gasteiger partial charge < -0.3 is 5.32 Å². The monoisotopic (exact) mass is 325 g/mol. The summed E-state index contributed by atoms with van der Waals surface area (Å²) >= 11 is 5.25. The molecule has 0 saturated carbocycles. The van der Waals surface area contributed by atoms with Crippen LogP contribution in [0.1, 0.15) is 35.7 Å². The van der Waals surface area contributed by atoms with Gasteiger partial charge in [-0.15, -0.1) is 11.3 Å². The maximum atomic E-state index is 4.38. The van der Waals surface area contributed by atoms with Gasteiger partial charge in [0.25, 0.3) is 0 Å². The fourth-order valence-corrected chi connectivity index (χ4v) is 3.81. The molecule has 0 bridgehead atoms. The highest BCUT2D eigenvalue weighted by Gasteiger charge is 2.22. The zero-order valence-corrected chi connectivity index (χ0v) is 12.7. The summed E-state index contributed by atoms with van der Waals surface area (Å²) in [7, 11) is 2.04. The molecule has 18 heavy (non-hydrogen) atoms. The molecule has 1 N–H and O–H groups in total. The van der Waals surface area contributed by atoms with E-state index >= 15 is 0 Å². The standard InChI is InChI=1S/C13H16BrN3S/c1-17-12-4-2-3-11(10(12)7-16-17)15-6-9-5-13(14)18-8-9/h5,7-8,11,15H,2-4,6H2,1H3/t11-/m0/s1. The maximum absolute atomic E-state index is 4.38. The minimum atomic E-state index is 0.459. The normalized spacial score (nSPS) is 18.9. The highest BCUT2D eigenvalue weighted by molar-refractivity contribution is 9.11. The third-order valence-corrected chi connectivity index (χ3v) is 5.10. The van der Waals surface area contributed by atoms with Crippen LogP contribution in [0.15, 0.2) is 21.4 Å². The molecule has 0 aliphatic heterocycles. The van der Waals surface area contributed by atoms with E-state index in [1.165, 1.54) is 33.4 Å². The summed E-state index contributed by atoms with van der Waals surface area (Å²) in [6, 6.07) is 2.64. The number of nitrogens with zero attached hydrogens (tertiary/aromatic N) is 2. The van der Waals surface area contributed by atoms with Crippen molar-refractivity contribution in [1.82, 2.24) is 15.1 Å². The van der Waals surface area contributed by atoms with Crippen LogP contribution >= 0.6 is 27.3 Å². The van der Waals surface area contributed by atoms with Gasteiger partial charge >= 0.3 is 0 Å². The predicted molar refractivity (Wildman–Crippen MR) is 77.7 cm³/mol. The molecule has 1 atom stereocenters. The highest BCUT2D eigenvalue weighted by atomic mass is 79.9. The van der Waals surface area contributed by atoms with Crippen LogP contribution in [0.4, 0.5) is 0 Å². The van der Waals surface area contributed by atoms with E-state index in [4.69, 9.17) is 0 Å². The summed E-state index contributed by atoms with van der Waals surface area (Å²) < 4.78 is 3.22. The average molecular weight is 326 g/mol. The highest BCUT2D eigenvalue weighted by Crippen LogP contribution is 2.29. The number of nitrogens with one attached hydrogen (secondary N) is 1. The van der Waals surface area contributed by atoms with Crippen LogP contribution in [0.3, 0.4) is 0 Å². The molecule has 0 unspecified atom stereocenters. The Labute approximate surface area is 119 Å². The van der Waals surface area contributed by atoms with Gasteiger partial charge in [0.2, 0.25) is 0 Å². The molecule has 96 valence electrons. The van der Waals surface area contributed by atoms with E-state index in [0.717, 1.165) is 13.0 Å². The molecule has 1 aliphatic rings. The molecule has 0 radical (unpaired) electrons. The van der Waals surface area contributed by atoms with Crippen LogP contribution in [0, 0.1) is 0 Å². The van der Waals surface area contributed by atoms with Crippen LogP contribution in [0.25, 0.3) is 0 Å². The Morgan fingerprint density at radius 2 is 2.50 bits per heavy atom. The number of hydrogen-bond acceptors (Lipinski definition) is 3. The molecule has 3 rings (SSSR count). The van der Waals surface area contributed by atoms with Gasteiger partial charge in [0.1, 0.15) is 0 Å². The van der Waals surface area contributed by atoms with Gasteiger partial charge in [0, 0.05) is 30.9 Å². The number of aryl methyl sites for hydroxylation is 1. The summed E-state index contributed by atoms with van der Waals surface area (Å²) in [5, 5.41) is 10.2. The molecule has 1 aliphatic carbocycles. The molecule has 2 aromatic rings. The Bertz CT molecular complexity index is 546. The minimum absolute atomic E-state index is 0.459. The van der Waals surface area contributed by atoms with Crippen LogP contribution in [-0.4, -0.2) is 9.78 Å². The average Bonchev–Trinajstić information content (AvgIpc) is 2.94. The van der Waals surface area contributed by atoms with Crippen LogP contribution in [0.2, 0.25) is 0 Å². The molecule has 0 spiro atoms. The molecule has 2 heterocycles. The molecule has 0 saturated heterocycles. The van der Waals surface area contributed by atoms with E-state index < -0.39 is 0 Å². The van der Waals surface area contributed by atoms with Crippen molar-refractivity contribution in [2.45, 2.75) is 31.8 Å². The molecule has 0 fully saturated rings. The SMILES string of the molecule is Cn1ncc2c1CCC[C@@H]2NCc1csc(Br)c1. The Balaban J connectivity index is 1.71. The van der Waals surface area contributed by atoms with Crippen molar-refractivity contribution in [2.75, 3.05) is 0 Å². The second-order valence-corrected chi connectivity index (χ2v) is 7.05. The summed E-state index contributed by atoms with van der Waals surface area (Å²) in [6.45, 7) is 0.932. The second-order valence-electron chi connectivity index (χ2n) is 4.75. The van der Waals surface area contributed by atoms with Gasteiger partial charge in [-0.3, -0.25) is 4.68 Å². The van der Waals surface area contributed by atoms with Gasteiger partial charge in [-0.2, -0.15) is 5.10 Å². The lowest BCUT2D eigenvalue weighted by Gasteiger charge is -2.23. The quantitative estimate of drug-likeness (QED) is 0.937. The number of rotatable bonds is 3. The lowest BCUT2D eigenvalue weighted by atomic mass is 9.93. The lowest BCUT2D eigenvalue weighted by molar-refractivity contribution is 0.452. The van der Waals surface area contributed by atoms with E-state index in [9.17, 15) is 0 Å². The van der Waals surface area contributed by atoms with Crippen molar-refractivity contribution < 1.29 is 0 Å². The van der Waals surface area contributed by atoms with E-state index in [2.05, 4.69) is 37.8 Å². The first kappa shape index (κ1) is 12.4. The van der Waals surface area contributed by atoms with Crippen molar-refractivity contribution in [3.8, 4) is 0 Å². The zero-order chi connectivity index (χ0) is 12.5. The van der Waals surface area contributed by atoms with Gasteiger partial charge in [-0.05, 0) is 52.2 Å². The van der Waals surface area contributed by atoms with Crippen molar-refractivity contribution in [3.05, 3.63) is 38.3 Å². The van der Waals surface area contributed by atoms with Crippen LogP contribution < -0.4 is 5.32 Å². The summed E-state index contributed by atoms with van der Waals surface area (Å²) in [5.74, 6) is 0. The van der Waals surface area contributed by atoms with Crippen molar-refractivity contribution >= 4 is 27.3 Å². The summed E-state index contributed by atoms with van der Waals surface area (Å²) in [6.07, 6.45) is 5.64. The largest absolute Gasteiger partial charge is 0.306 e. The third kappa shape index (κ3) is 2.39. The van der Waals surface area contributed by atoms with Crippen LogP contribution in [0.5, 0.6) is 0 Å². The van der Waals surface area contributed by atoms with Gasteiger partial charge in [-0.1, -0.05) is 0 Å². The summed E-state index contributed by atoms with van der Waals surface area (Å²) in [4.78, 5) is 0. The summed E-state index contributed by atoms with van der Waals surface area (Å²) in [5.41, 5.74) is 4.13. The van der Waals surface area contributed by atoms with Crippen molar-refractivity contribution in [1.29, 1.82) is 0 Å². The van der Waals surface area contributed by atoms with Gasteiger partial charge in [0.15, 0.2) is 0 Å². The molecular formula is C13H16BrN3S. The van der Waals surface area contributed by atoms with E-state index in [0.29, 0.717) is 6.04 Å². The Morgan fingerprint density at radius 1 is 1.61 bits per heavy atom. The molecular weight excluding hydrogens is 310 g/mol. The van der Waals surface area contributed by atoms with E-state index in [1.54, 1.807) is 11.3 Å². The van der Waals surface area contributed by atoms with E-state index in [-0.39, 0.29) is 0 Å².